The van der Waals surface area contributed by atoms with E-state index in [2.05, 4.69) is 0 Å². The van der Waals surface area contributed by atoms with E-state index in [-0.39, 0.29) is 25.2 Å². The van der Waals surface area contributed by atoms with Crippen molar-refractivity contribution in [1.82, 2.24) is 0 Å². The average Bonchev–Trinajstić information content (AvgIpc) is 2.72. The van der Waals surface area contributed by atoms with E-state index in [9.17, 15) is 30.8 Å². The monoisotopic (exact) mass is 474 g/mol. The van der Waals surface area contributed by atoms with Gasteiger partial charge in [0.2, 0.25) is 0 Å². The van der Waals surface area contributed by atoms with Crippen LogP contribution in [0.2, 0.25) is 0 Å². The third kappa shape index (κ3) is 2.98. The lowest BCUT2D eigenvalue weighted by Crippen LogP contribution is -2.59. The molecule has 2 aliphatic rings. The van der Waals surface area contributed by atoms with Crippen LogP contribution in [0.25, 0.3) is 0 Å². The Hall–Kier alpha value is -2.49. The Morgan fingerprint density at radius 2 is 1.59 bits per heavy atom. The molecule has 1 aliphatic carbocycles. The maximum absolute atomic E-state index is 15.1. The van der Waals surface area contributed by atoms with Crippen molar-refractivity contribution in [3.05, 3.63) is 59.2 Å². The summed E-state index contributed by atoms with van der Waals surface area (Å²) in [6.07, 6.45) is -5.25. The number of ether oxygens (including phenoxy) is 1. The van der Waals surface area contributed by atoms with Gasteiger partial charge in [0, 0.05) is 17.8 Å². The second kappa shape index (κ2) is 7.00. The highest BCUT2D eigenvalue weighted by Gasteiger charge is 2.65. The van der Waals surface area contributed by atoms with Crippen molar-refractivity contribution in [2.75, 3.05) is 6.61 Å². The summed E-state index contributed by atoms with van der Waals surface area (Å²) in [4.78, 5) is 12.2. The molecule has 0 radical (unpaired) electrons. The zero-order valence-electron chi connectivity index (χ0n) is 17.1. The molecule has 1 saturated carbocycles. The molecule has 4 nitrogen and oxygen atoms in total. The number of Topliss-reactive ketones (excluding diaryl/α,β-unsaturated/α-hetero) is 1. The minimum atomic E-state index is -4.68. The van der Waals surface area contributed by atoms with E-state index in [1.165, 1.54) is 13.8 Å². The van der Waals surface area contributed by atoms with Crippen LogP contribution in [0.15, 0.2) is 41.3 Å². The van der Waals surface area contributed by atoms with Crippen molar-refractivity contribution < 1.29 is 39.9 Å². The number of ketones is 1. The number of fused-ring (bicyclic) bond motifs is 3. The molecular weight excluding hydrogens is 455 g/mol. The Labute approximate surface area is 181 Å². The molecule has 0 N–H and O–H groups in total. The summed E-state index contributed by atoms with van der Waals surface area (Å²) in [5.74, 6) is -3.89. The molecule has 2 aromatic rings. The average molecular weight is 474 g/mol. The molecule has 4 rings (SSSR count). The van der Waals surface area contributed by atoms with Crippen LogP contribution in [0.3, 0.4) is 0 Å². The van der Waals surface area contributed by atoms with E-state index in [4.69, 9.17) is 4.74 Å². The van der Waals surface area contributed by atoms with Crippen LogP contribution in [0, 0.1) is 23.0 Å². The molecule has 0 aromatic heterocycles. The Bertz CT molecular complexity index is 1200. The van der Waals surface area contributed by atoms with Crippen LogP contribution in [0.4, 0.5) is 22.0 Å². The summed E-state index contributed by atoms with van der Waals surface area (Å²) in [5.41, 5.74) is -2.84. The number of sulfone groups is 1. The van der Waals surface area contributed by atoms with E-state index in [0.717, 1.165) is 24.3 Å². The highest BCUT2D eigenvalue weighted by Crippen LogP contribution is 2.60. The van der Waals surface area contributed by atoms with Gasteiger partial charge in [-0.3, -0.25) is 4.79 Å². The molecule has 0 bridgehead atoms. The summed E-state index contributed by atoms with van der Waals surface area (Å²) in [6, 6.07) is 4.46. The van der Waals surface area contributed by atoms with Gasteiger partial charge < -0.3 is 4.74 Å². The fourth-order valence-corrected chi connectivity index (χ4v) is 7.42. The molecule has 0 spiro atoms. The number of benzene rings is 2. The lowest BCUT2D eigenvalue weighted by molar-refractivity contribution is -0.138. The second-order valence-corrected chi connectivity index (χ2v) is 10.9. The zero-order chi connectivity index (χ0) is 23.7. The van der Waals surface area contributed by atoms with Gasteiger partial charge in [0.25, 0.3) is 0 Å². The van der Waals surface area contributed by atoms with Crippen molar-refractivity contribution in [3.8, 4) is 5.75 Å². The molecule has 2 unspecified atom stereocenters. The molecule has 10 heteroatoms. The van der Waals surface area contributed by atoms with Crippen molar-refractivity contribution in [2.24, 2.45) is 11.3 Å². The van der Waals surface area contributed by atoms with Crippen molar-refractivity contribution in [2.45, 2.75) is 42.5 Å². The summed E-state index contributed by atoms with van der Waals surface area (Å²) < 4.78 is 99.9. The number of carbonyl (C=O) groups excluding carboxylic acids is 1. The number of halogens is 5. The van der Waals surface area contributed by atoms with Gasteiger partial charge in [0.15, 0.2) is 21.4 Å². The van der Waals surface area contributed by atoms with Gasteiger partial charge in [-0.1, -0.05) is 13.8 Å². The summed E-state index contributed by atoms with van der Waals surface area (Å²) in [7, 11) is -4.60. The molecule has 1 aliphatic heterocycles. The van der Waals surface area contributed by atoms with E-state index >= 15 is 4.39 Å². The van der Waals surface area contributed by atoms with E-state index in [1.807, 2.05) is 0 Å². The minimum Gasteiger partial charge on any atom is -0.490 e. The highest BCUT2D eigenvalue weighted by molar-refractivity contribution is 7.92. The number of alkyl halides is 3. The fraction of sp³-hybridized carbons (Fsp3) is 0.409. The Kier molecular flexibility index (Phi) is 4.97. The van der Waals surface area contributed by atoms with Gasteiger partial charge in [-0.15, -0.1) is 0 Å². The summed E-state index contributed by atoms with van der Waals surface area (Å²) in [5, 5.41) is 0. The fourth-order valence-electron chi connectivity index (χ4n) is 4.94. The third-order valence-electron chi connectivity index (χ3n) is 6.72. The number of hydrogen-bond acceptors (Lipinski definition) is 4. The van der Waals surface area contributed by atoms with Crippen molar-refractivity contribution in [3.63, 3.8) is 0 Å². The van der Waals surface area contributed by atoms with Crippen LogP contribution >= 0.6 is 0 Å². The molecule has 0 amide bonds. The number of carbonyl (C=O) groups is 1. The lowest BCUT2D eigenvalue weighted by Gasteiger charge is -2.53. The molecule has 1 fully saturated rings. The predicted octanol–water partition coefficient (Wildman–Crippen LogP) is 5.05. The zero-order valence-corrected chi connectivity index (χ0v) is 17.9. The molecule has 172 valence electrons. The molecule has 2 aromatic carbocycles. The van der Waals surface area contributed by atoms with Crippen LogP contribution in [-0.2, 0) is 25.6 Å². The molecule has 1 heterocycles. The Morgan fingerprint density at radius 3 is 2.19 bits per heavy atom. The van der Waals surface area contributed by atoms with Crippen molar-refractivity contribution in [1.29, 1.82) is 0 Å². The van der Waals surface area contributed by atoms with Crippen LogP contribution in [0.5, 0.6) is 5.75 Å². The summed E-state index contributed by atoms with van der Waals surface area (Å²) in [6.45, 7) is 2.66. The summed E-state index contributed by atoms with van der Waals surface area (Å²) >= 11 is 0. The first-order valence-corrected chi connectivity index (χ1v) is 11.3. The molecule has 32 heavy (non-hydrogen) atoms. The van der Waals surface area contributed by atoms with Gasteiger partial charge in [-0.2, -0.15) is 13.2 Å². The molecule has 0 saturated heterocycles. The lowest BCUT2D eigenvalue weighted by atomic mass is 9.60. The van der Waals surface area contributed by atoms with E-state index in [1.54, 1.807) is 0 Å². The number of rotatable bonds is 2. The predicted molar refractivity (Wildman–Crippen MR) is 104 cm³/mol. The van der Waals surface area contributed by atoms with Gasteiger partial charge in [0.1, 0.15) is 16.3 Å². The van der Waals surface area contributed by atoms with Gasteiger partial charge in [0.05, 0.1) is 22.6 Å². The first-order valence-electron chi connectivity index (χ1n) is 9.81. The van der Waals surface area contributed by atoms with Crippen molar-refractivity contribution >= 4 is 15.6 Å². The van der Waals surface area contributed by atoms with Crippen LogP contribution in [0.1, 0.15) is 37.8 Å². The van der Waals surface area contributed by atoms with Crippen LogP contribution < -0.4 is 4.74 Å². The number of hydrogen-bond donors (Lipinski definition) is 0. The smallest absolute Gasteiger partial charge is 0.416 e. The largest absolute Gasteiger partial charge is 0.490 e. The van der Waals surface area contributed by atoms with E-state index < -0.39 is 65.5 Å². The Morgan fingerprint density at radius 1 is 1.00 bits per heavy atom. The standard InChI is InChI=1S/C22H19F5O4S/c1-20(2)16-11-31-19-15(24)8-7-14(23)18(19)21(16,10-9-17(20)28)32(29,30)13-5-3-12(4-6-13)22(25,26)27/h3-8,16H,9-11H2,1-2H3. The third-order valence-corrected chi connectivity index (χ3v) is 9.27. The van der Waals surface area contributed by atoms with Crippen LogP contribution in [-0.4, -0.2) is 20.8 Å². The normalized spacial score (nSPS) is 25.0. The minimum absolute atomic E-state index is 0.223. The van der Waals surface area contributed by atoms with Gasteiger partial charge in [-0.05, 0) is 42.8 Å². The highest BCUT2D eigenvalue weighted by atomic mass is 32.2. The molecular formula is C22H19F5O4S. The van der Waals surface area contributed by atoms with E-state index in [0.29, 0.717) is 12.1 Å². The van der Waals surface area contributed by atoms with Gasteiger partial charge >= 0.3 is 6.18 Å². The SMILES string of the molecule is CC1(C)C(=O)CCC2(S(=O)(=O)c3ccc(C(F)(F)F)cc3)c3c(F)ccc(F)c3OCC12. The topological polar surface area (TPSA) is 60.4 Å². The van der Waals surface area contributed by atoms with Gasteiger partial charge in [-0.25, -0.2) is 17.2 Å². The maximum atomic E-state index is 15.1. The first kappa shape index (κ1) is 22.7. The maximum Gasteiger partial charge on any atom is 0.416 e. The first-order chi connectivity index (χ1) is 14.7. The quantitative estimate of drug-likeness (QED) is 0.572. The molecule has 2 atom stereocenters. The Balaban J connectivity index is 2.02. The second-order valence-electron chi connectivity index (χ2n) is 8.66.